The summed E-state index contributed by atoms with van der Waals surface area (Å²) < 4.78 is 0. The summed E-state index contributed by atoms with van der Waals surface area (Å²) in [6.07, 6.45) is 1.10. The van der Waals surface area contributed by atoms with Crippen molar-refractivity contribution in [2.24, 2.45) is 0 Å². The number of rotatable bonds is 5. The van der Waals surface area contributed by atoms with Crippen LogP contribution in [0.4, 0.5) is 0 Å². The zero-order valence-electron chi connectivity index (χ0n) is 8.30. The average Bonchev–Trinajstić information content (AvgIpc) is 1.87. The SMILES string of the molecule is [B]C(C)CCN(CC)C(C)C. The van der Waals surface area contributed by atoms with Gasteiger partial charge in [-0.2, -0.15) is 0 Å². The molecular formula is C9H20BN. The highest BCUT2D eigenvalue weighted by atomic mass is 15.1. The molecule has 2 heteroatoms. The summed E-state index contributed by atoms with van der Waals surface area (Å²) in [7, 11) is 5.67. The summed E-state index contributed by atoms with van der Waals surface area (Å²) in [5.41, 5.74) is 0. The van der Waals surface area contributed by atoms with Crippen molar-refractivity contribution in [2.45, 2.75) is 46.0 Å². The predicted octanol–water partition coefficient (Wildman–Crippen LogP) is 2.08. The Bertz CT molecular complexity index is 91.6. The quantitative estimate of drug-likeness (QED) is 0.546. The van der Waals surface area contributed by atoms with E-state index in [0.717, 1.165) is 19.5 Å². The fraction of sp³-hybridized carbons (Fsp3) is 1.00. The van der Waals surface area contributed by atoms with E-state index in [-0.39, 0.29) is 0 Å². The number of nitrogens with zero attached hydrogens (tertiary/aromatic N) is 1. The molecule has 0 heterocycles. The van der Waals surface area contributed by atoms with Crippen molar-refractivity contribution >= 4 is 7.85 Å². The zero-order chi connectivity index (χ0) is 8.85. The maximum absolute atomic E-state index is 5.67. The maximum atomic E-state index is 5.67. The molecule has 0 bridgehead atoms. The van der Waals surface area contributed by atoms with Gasteiger partial charge in [-0.15, -0.1) is 0 Å². The van der Waals surface area contributed by atoms with E-state index >= 15 is 0 Å². The van der Waals surface area contributed by atoms with Crippen LogP contribution in [-0.2, 0) is 0 Å². The van der Waals surface area contributed by atoms with E-state index in [4.69, 9.17) is 7.85 Å². The molecule has 0 aliphatic heterocycles. The van der Waals surface area contributed by atoms with Crippen molar-refractivity contribution < 1.29 is 0 Å². The summed E-state index contributed by atoms with van der Waals surface area (Å²) in [6, 6.07) is 0.652. The minimum absolute atomic E-state index is 0.336. The van der Waals surface area contributed by atoms with Gasteiger partial charge in [-0.3, -0.25) is 0 Å². The molecule has 0 N–H and O–H groups in total. The second kappa shape index (κ2) is 5.65. The van der Waals surface area contributed by atoms with Crippen LogP contribution in [0.3, 0.4) is 0 Å². The molecular weight excluding hydrogens is 133 g/mol. The van der Waals surface area contributed by atoms with Crippen LogP contribution in [0.25, 0.3) is 0 Å². The summed E-state index contributed by atoms with van der Waals surface area (Å²) in [4.78, 5) is 2.43. The van der Waals surface area contributed by atoms with Crippen molar-refractivity contribution in [1.29, 1.82) is 0 Å². The van der Waals surface area contributed by atoms with Gasteiger partial charge in [-0.1, -0.05) is 19.7 Å². The Labute approximate surface area is 72.6 Å². The van der Waals surface area contributed by atoms with Crippen molar-refractivity contribution in [3.05, 3.63) is 0 Å². The average molecular weight is 153 g/mol. The molecule has 0 rings (SSSR count). The van der Waals surface area contributed by atoms with Gasteiger partial charge >= 0.3 is 0 Å². The molecule has 0 aromatic carbocycles. The van der Waals surface area contributed by atoms with Crippen LogP contribution >= 0.6 is 0 Å². The molecule has 11 heavy (non-hydrogen) atoms. The van der Waals surface area contributed by atoms with Crippen LogP contribution in [0.2, 0.25) is 5.82 Å². The van der Waals surface area contributed by atoms with E-state index in [1.165, 1.54) is 0 Å². The standard InChI is InChI=1S/C9H20BN/c1-5-11(8(2)3)7-6-9(4)10/h8-9H,5-7H2,1-4H3. The highest BCUT2D eigenvalue weighted by molar-refractivity contribution is 6.11. The van der Waals surface area contributed by atoms with Crippen LogP contribution in [-0.4, -0.2) is 31.9 Å². The van der Waals surface area contributed by atoms with Crippen LogP contribution in [0.1, 0.15) is 34.1 Å². The molecule has 0 aromatic heterocycles. The Morgan fingerprint density at radius 2 is 1.82 bits per heavy atom. The lowest BCUT2D eigenvalue weighted by atomic mass is 9.86. The monoisotopic (exact) mass is 153 g/mol. The number of hydrogen-bond donors (Lipinski definition) is 0. The molecule has 64 valence electrons. The molecule has 0 saturated carbocycles. The lowest BCUT2D eigenvalue weighted by Crippen LogP contribution is -2.31. The highest BCUT2D eigenvalue weighted by Gasteiger charge is 2.06. The molecule has 0 amide bonds. The first-order valence-corrected chi connectivity index (χ1v) is 4.57. The third-order valence-electron chi connectivity index (χ3n) is 2.01. The minimum Gasteiger partial charge on any atom is -0.301 e. The Morgan fingerprint density at radius 1 is 1.27 bits per heavy atom. The first-order chi connectivity index (χ1) is 5.07. The van der Waals surface area contributed by atoms with Gasteiger partial charge in [0, 0.05) is 6.04 Å². The van der Waals surface area contributed by atoms with Gasteiger partial charge in [0.25, 0.3) is 0 Å². The van der Waals surface area contributed by atoms with Gasteiger partial charge in [-0.25, -0.2) is 0 Å². The molecule has 1 unspecified atom stereocenters. The summed E-state index contributed by atoms with van der Waals surface area (Å²) in [5.74, 6) is 0.336. The molecule has 1 nitrogen and oxygen atoms in total. The predicted molar refractivity (Wildman–Crippen MR) is 52.2 cm³/mol. The normalized spacial score (nSPS) is 14.4. The first kappa shape index (κ1) is 11.0. The highest BCUT2D eigenvalue weighted by Crippen LogP contribution is 2.06. The maximum Gasteiger partial charge on any atom is 0.0696 e. The second-order valence-electron chi connectivity index (χ2n) is 3.49. The molecule has 2 radical (unpaired) electrons. The van der Waals surface area contributed by atoms with E-state index in [1.54, 1.807) is 0 Å². The minimum atomic E-state index is 0.336. The van der Waals surface area contributed by atoms with Crippen LogP contribution < -0.4 is 0 Å². The first-order valence-electron chi connectivity index (χ1n) is 4.57. The van der Waals surface area contributed by atoms with Gasteiger partial charge < -0.3 is 4.90 Å². The lowest BCUT2D eigenvalue weighted by molar-refractivity contribution is 0.230. The number of hydrogen-bond acceptors (Lipinski definition) is 1. The Balaban J connectivity index is 3.52. The molecule has 1 atom stereocenters. The topological polar surface area (TPSA) is 3.24 Å². The van der Waals surface area contributed by atoms with Crippen LogP contribution in [0, 0.1) is 0 Å². The molecule has 0 saturated heterocycles. The fourth-order valence-electron chi connectivity index (χ4n) is 1.15. The Hall–Kier alpha value is 0.0249. The van der Waals surface area contributed by atoms with Crippen molar-refractivity contribution in [2.75, 3.05) is 13.1 Å². The van der Waals surface area contributed by atoms with Gasteiger partial charge in [0.15, 0.2) is 0 Å². The van der Waals surface area contributed by atoms with E-state index in [9.17, 15) is 0 Å². The van der Waals surface area contributed by atoms with Gasteiger partial charge in [-0.05, 0) is 33.4 Å². The van der Waals surface area contributed by atoms with Gasteiger partial charge in [0.2, 0.25) is 0 Å². The molecule has 0 aromatic rings. The smallest absolute Gasteiger partial charge is 0.0696 e. The molecule has 0 aliphatic carbocycles. The molecule has 0 fully saturated rings. The largest absolute Gasteiger partial charge is 0.301 e. The second-order valence-corrected chi connectivity index (χ2v) is 3.49. The van der Waals surface area contributed by atoms with Crippen molar-refractivity contribution in [1.82, 2.24) is 4.90 Å². The summed E-state index contributed by atoms with van der Waals surface area (Å²) >= 11 is 0. The third kappa shape index (κ3) is 5.31. The third-order valence-corrected chi connectivity index (χ3v) is 2.01. The summed E-state index contributed by atoms with van der Waals surface area (Å²) in [6.45, 7) is 11.0. The van der Waals surface area contributed by atoms with Crippen molar-refractivity contribution in [3.63, 3.8) is 0 Å². The summed E-state index contributed by atoms with van der Waals surface area (Å²) in [5, 5.41) is 0. The molecule has 0 spiro atoms. The van der Waals surface area contributed by atoms with Gasteiger partial charge in [0.1, 0.15) is 0 Å². The van der Waals surface area contributed by atoms with E-state index in [2.05, 4.69) is 32.6 Å². The van der Waals surface area contributed by atoms with Crippen LogP contribution in [0.15, 0.2) is 0 Å². The van der Waals surface area contributed by atoms with Gasteiger partial charge in [0.05, 0.1) is 7.85 Å². The van der Waals surface area contributed by atoms with E-state index in [0.29, 0.717) is 11.9 Å². The zero-order valence-corrected chi connectivity index (χ0v) is 8.30. The van der Waals surface area contributed by atoms with Crippen molar-refractivity contribution in [3.8, 4) is 0 Å². The lowest BCUT2D eigenvalue weighted by Gasteiger charge is -2.25. The Kier molecular flexibility index (Phi) is 5.66. The fourth-order valence-corrected chi connectivity index (χ4v) is 1.15. The molecule has 0 aliphatic rings. The van der Waals surface area contributed by atoms with E-state index < -0.39 is 0 Å². The Morgan fingerprint density at radius 3 is 2.09 bits per heavy atom. The van der Waals surface area contributed by atoms with E-state index in [1.807, 2.05) is 0 Å². The van der Waals surface area contributed by atoms with Crippen LogP contribution in [0.5, 0.6) is 0 Å².